The molecule has 0 bridgehead atoms. The number of aryl methyl sites for hydroxylation is 1. The molecule has 2 fully saturated rings. The number of furan rings is 1. The second-order valence-corrected chi connectivity index (χ2v) is 6.79. The van der Waals surface area contributed by atoms with Gasteiger partial charge >= 0.3 is 0 Å². The van der Waals surface area contributed by atoms with Crippen molar-refractivity contribution in [2.75, 3.05) is 26.7 Å². The quantitative estimate of drug-likeness (QED) is 0.870. The highest BCUT2D eigenvalue weighted by Crippen LogP contribution is 2.29. The van der Waals surface area contributed by atoms with E-state index in [1.807, 2.05) is 31.0 Å². The standard InChI is InChI=1S/C17H27N3O2/c1-13-3-6-16(22-13)11-19(2)12-17(21)18-14-7-9-20(10-8-14)15-4-5-15/h3,6,14-15H,4-5,7-12H2,1-2H3,(H,18,21). The molecule has 3 rings (SSSR count). The predicted molar refractivity (Wildman–Crippen MR) is 85.5 cm³/mol. The normalized spacial score (nSPS) is 20.5. The summed E-state index contributed by atoms with van der Waals surface area (Å²) in [4.78, 5) is 16.7. The number of hydrogen-bond acceptors (Lipinski definition) is 4. The van der Waals surface area contributed by atoms with Crippen molar-refractivity contribution in [3.63, 3.8) is 0 Å². The lowest BCUT2D eigenvalue weighted by Gasteiger charge is -2.32. The summed E-state index contributed by atoms with van der Waals surface area (Å²) in [6, 6.07) is 5.12. The van der Waals surface area contributed by atoms with Crippen molar-refractivity contribution in [1.29, 1.82) is 0 Å². The fraction of sp³-hybridized carbons (Fsp3) is 0.706. The first-order valence-electron chi connectivity index (χ1n) is 8.37. The number of nitrogens with zero attached hydrogens (tertiary/aromatic N) is 2. The second-order valence-electron chi connectivity index (χ2n) is 6.79. The number of nitrogens with one attached hydrogen (secondary N) is 1. The van der Waals surface area contributed by atoms with Gasteiger partial charge in [0.1, 0.15) is 11.5 Å². The summed E-state index contributed by atoms with van der Waals surface area (Å²) < 4.78 is 5.55. The molecule has 1 aromatic rings. The van der Waals surface area contributed by atoms with Gasteiger partial charge in [-0.05, 0) is 51.8 Å². The van der Waals surface area contributed by atoms with Crippen LogP contribution >= 0.6 is 0 Å². The first-order chi connectivity index (χ1) is 10.6. The van der Waals surface area contributed by atoms with E-state index in [1.165, 1.54) is 12.8 Å². The Hall–Kier alpha value is -1.33. The van der Waals surface area contributed by atoms with Crippen molar-refractivity contribution in [2.24, 2.45) is 0 Å². The summed E-state index contributed by atoms with van der Waals surface area (Å²) >= 11 is 0. The van der Waals surface area contributed by atoms with E-state index in [4.69, 9.17) is 4.42 Å². The molecule has 2 heterocycles. The zero-order valence-electron chi connectivity index (χ0n) is 13.7. The smallest absolute Gasteiger partial charge is 0.234 e. The predicted octanol–water partition coefficient (Wildman–Crippen LogP) is 1.76. The molecule has 1 aliphatic carbocycles. The molecule has 1 aromatic heterocycles. The van der Waals surface area contributed by atoms with Crippen LogP contribution in [0.2, 0.25) is 0 Å². The third-order valence-corrected chi connectivity index (χ3v) is 4.59. The molecule has 0 aromatic carbocycles. The molecule has 1 aliphatic heterocycles. The molecule has 0 unspecified atom stereocenters. The Morgan fingerprint density at radius 3 is 2.64 bits per heavy atom. The van der Waals surface area contributed by atoms with E-state index in [0.29, 0.717) is 19.1 Å². The number of hydrogen-bond donors (Lipinski definition) is 1. The number of piperidine rings is 1. The highest BCUT2D eigenvalue weighted by atomic mass is 16.3. The summed E-state index contributed by atoms with van der Waals surface area (Å²) in [7, 11) is 1.95. The van der Waals surface area contributed by atoms with E-state index in [1.54, 1.807) is 0 Å². The minimum atomic E-state index is 0.121. The first-order valence-corrected chi connectivity index (χ1v) is 8.37. The Morgan fingerprint density at radius 1 is 1.32 bits per heavy atom. The maximum Gasteiger partial charge on any atom is 0.234 e. The van der Waals surface area contributed by atoms with Gasteiger partial charge in [0.15, 0.2) is 0 Å². The van der Waals surface area contributed by atoms with E-state index >= 15 is 0 Å². The van der Waals surface area contributed by atoms with Gasteiger partial charge in [-0.1, -0.05) is 0 Å². The van der Waals surface area contributed by atoms with Crippen molar-refractivity contribution >= 4 is 5.91 Å². The fourth-order valence-electron chi connectivity index (χ4n) is 3.26. The topological polar surface area (TPSA) is 48.7 Å². The van der Waals surface area contributed by atoms with Gasteiger partial charge in [-0.3, -0.25) is 9.69 Å². The minimum Gasteiger partial charge on any atom is -0.465 e. The fourth-order valence-corrected chi connectivity index (χ4v) is 3.26. The Balaban J connectivity index is 1.36. The van der Waals surface area contributed by atoms with Crippen LogP contribution in [0.3, 0.4) is 0 Å². The summed E-state index contributed by atoms with van der Waals surface area (Å²) in [5, 5.41) is 3.18. The first kappa shape index (κ1) is 15.6. The molecule has 1 N–H and O–H groups in total. The van der Waals surface area contributed by atoms with Gasteiger partial charge in [0.25, 0.3) is 0 Å². The van der Waals surface area contributed by atoms with Crippen LogP contribution < -0.4 is 5.32 Å². The molecular weight excluding hydrogens is 278 g/mol. The molecule has 22 heavy (non-hydrogen) atoms. The Morgan fingerprint density at radius 2 is 2.05 bits per heavy atom. The molecule has 1 amide bonds. The van der Waals surface area contributed by atoms with Gasteiger partial charge in [0.05, 0.1) is 13.1 Å². The van der Waals surface area contributed by atoms with Crippen molar-refractivity contribution < 1.29 is 9.21 Å². The summed E-state index contributed by atoms with van der Waals surface area (Å²) in [5.74, 6) is 1.94. The molecule has 2 aliphatic rings. The zero-order valence-corrected chi connectivity index (χ0v) is 13.7. The zero-order chi connectivity index (χ0) is 15.5. The maximum absolute atomic E-state index is 12.1. The van der Waals surface area contributed by atoms with Gasteiger partial charge in [-0.15, -0.1) is 0 Å². The molecule has 122 valence electrons. The van der Waals surface area contributed by atoms with Crippen LogP contribution in [-0.4, -0.2) is 54.5 Å². The highest BCUT2D eigenvalue weighted by molar-refractivity contribution is 5.78. The molecule has 5 nitrogen and oxygen atoms in total. The van der Waals surface area contributed by atoms with Crippen molar-refractivity contribution in [3.8, 4) is 0 Å². The van der Waals surface area contributed by atoms with Crippen molar-refractivity contribution in [2.45, 2.75) is 51.2 Å². The molecule has 5 heteroatoms. The Bertz CT molecular complexity index is 502. The SMILES string of the molecule is Cc1ccc(CN(C)CC(=O)NC2CCN(C3CC3)CC2)o1. The monoisotopic (exact) mass is 305 g/mol. The van der Waals surface area contributed by atoms with Crippen LogP contribution in [0.5, 0.6) is 0 Å². The van der Waals surface area contributed by atoms with E-state index in [0.717, 1.165) is 43.5 Å². The average Bonchev–Trinajstić information content (AvgIpc) is 3.23. The third-order valence-electron chi connectivity index (χ3n) is 4.59. The van der Waals surface area contributed by atoms with Crippen molar-refractivity contribution in [3.05, 3.63) is 23.7 Å². The number of likely N-dealkylation sites (tertiary alicyclic amines) is 1. The number of carbonyl (C=O) groups excluding carboxylic acids is 1. The van der Waals surface area contributed by atoms with Crippen LogP contribution in [0, 0.1) is 6.92 Å². The summed E-state index contributed by atoms with van der Waals surface area (Å²) in [6.45, 7) is 5.29. The Labute approximate surface area is 132 Å². The number of likely N-dealkylation sites (N-methyl/N-ethyl adjacent to an activating group) is 1. The molecule has 0 atom stereocenters. The van der Waals surface area contributed by atoms with Crippen LogP contribution in [0.25, 0.3) is 0 Å². The summed E-state index contributed by atoms with van der Waals surface area (Å²) in [6.07, 6.45) is 4.91. The number of carbonyl (C=O) groups is 1. The van der Waals surface area contributed by atoms with Gasteiger partial charge < -0.3 is 14.6 Å². The average molecular weight is 305 g/mol. The largest absolute Gasteiger partial charge is 0.465 e. The minimum absolute atomic E-state index is 0.121. The van der Waals surface area contributed by atoms with E-state index in [-0.39, 0.29) is 5.91 Å². The maximum atomic E-state index is 12.1. The lowest BCUT2D eigenvalue weighted by molar-refractivity contribution is -0.123. The number of amides is 1. The van der Waals surface area contributed by atoms with Crippen LogP contribution in [0.15, 0.2) is 16.5 Å². The number of rotatable bonds is 6. The van der Waals surface area contributed by atoms with Crippen LogP contribution in [0.4, 0.5) is 0 Å². The molecule has 0 spiro atoms. The lowest BCUT2D eigenvalue weighted by Crippen LogP contribution is -2.47. The van der Waals surface area contributed by atoms with Gasteiger partial charge in [-0.25, -0.2) is 0 Å². The van der Waals surface area contributed by atoms with Crippen molar-refractivity contribution in [1.82, 2.24) is 15.1 Å². The van der Waals surface area contributed by atoms with E-state index in [9.17, 15) is 4.79 Å². The van der Waals surface area contributed by atoms with Gasteiger partial charge in [0.2, 0.25) is 5.91 Å². The molecule has 0 radical (unpaired) electrons. The summed E-state index contributed by atoms with van der Waals surface area (Å²) in [5.41, 5.74) is 0. The van der Waals surface area contributed by atoms with Gasteiger partial charge in [-0.2, -0.15) is 0 Å². The lowest BCUT2D eigenvalue weighted by atomic mass is 10.0. The highest BCUT2D eigenvalue weighted by Gasteiger charge is 2.32. The molecular formula is C17H27N3O2. The third kappa shape index (κ3) is 4.34. The Kier molecular flexibility index (Phi) is 4.84. The molecule has 1 saturated heterocycles. The van der Waals surface area contributed by atoms with Gasteiger partial charge in [0, 0.05) is 25.2 Å². The van der Waals surface area contributed by atoms with E-state index in [2.05, 4.69) is 10.2 Å². The molecule has 1 saturated carbocycles. The van der Waals surface area contributed by atoms with E-state index < -0.39 is 0 Å². The van der Waals surface area contributed by atoms with Crippen LogP contribution in [-0.2, 0) is 11.3 Å². The van der Waals surface area contributed by atoms with Crippen LogP contribution in [0.1, 0.15) is 37.2 Å². The second kappa shape index (κ2) is 6.84.